The quantitative estimate of drug-likeness (QED) is 0.829. The molecule has 1 aromatic carbocycles. The summed E-state index contributed by atoms with van der Waals surface area (Å²) in [4.78, 5) is 14.3. The number of urea groups is 1. The van der Waals surface area contributed by atoms with Crippen LogP contribution in [0.3, 0.4) is 0 Å². The van der Waals surface area contributed by atoms with Gasteiger partial charge in [0.1, 0.15) is 0 Å². The molecule has 1 fully saturated rings. The summed E-state index contributed by atoms with van der Waals surface area (Å²) < 4.78 is 0. The standard InChI is InChI=1S/C16H20N2O/c19-16(17-12-11-13-5-2-1-3-6-13)18-14-7-4-8-15(18)10-9-14/h1-7,14-15H,8-12H2,(H,17,19). The van der Waals surface area contributed by atoms with E-state index in [9.17, 15) is 4.79 Å². The molecule has 2 bridgehead atoms. The second kappa shape index (κ2) is 5.47. The van der Waals surface area contributed by atoms with Crippen LogP contribution >= 0.6 is 0 Å². The summed E-state index contributed by atoms with van der Waals surface area (Å²) in [6, 6.07) is 11.1. The van der Waals surface area contributed by atoms with Gasteiger partial charge >= 0.3 is 6.03 Å². The predicted molar refractivity (Wildman–Crippen MR) is 76.0 cm³/mol. The molecule has 1 N–H and O–H groups in total. The predicted octanol–water partition coefficient (Wildman–Crippen LogP) is 2.73. The van der Waals surface area contributed by atoms with Crippen LogP contribution in [0, 0.1) is 0 Å². The Morgan fingerprint density at radius 2 is 2.11 bits per heavy atom. The third kappa shape index (κ3) is 2.65. The van der Waals surface area contributed by atoms with E-state index < -0.39 is 0 Å². The van der Waals surface area contributed by atoms with Gasteiger partial charge in [-0.1, -0.05) is 42.5 Å². The minimum absolute atomic E-state index is 0.104. The fourth-order valence-electron chi connectivity index (χ4n) is 3.09. The van der Waals surface area contributed by atoms with Crippen LogP contribution in [0.2, 0.25) is 0 Å². The van der Waals surface area contributed by atoms with Gasteiger partial charge in [-0.15, -0.1) is 0 Å². The van der Waals surface area contributed by atoms with Crippen molar-refractivity contribution in [3.8, 4) is 0 Å². The first-order valence-electron chi connectivity index (χ1n) is 7.11. The van der Waals surface area contributed by atoms with Crippen molar-refractivity contribution in [2.24, 2.45) is 0 Å². The lowest BCUT2D eigenvalue weighted by Crippen LogP contribution is -2.48. The summed E-state index contributed by atoms with van der Waals surface area (Å²) in [6.07, 6.45) is 8.57. The first-order chi connectivity index (χ1) is 9.34. The maximum Gasteiger partial charge on any atom is 0.318 e. The Balaban J connectivity index is 1.51. The van der Waals surface area contributed by atoms with E-state index in [4.69, 9.17) is 0 Å². The maximum atomic E-state index is 12.2. The van der Waals surface area contributed by atoms with Crippen molar-refractivity contribution in [1.29, 1.82) is 0 Å². The van der Waals surface area contributed by atoms with Crippen LogP contribution in [0.15, 0.2) is 42.5 Å². The number of nitrogens with one attached hydrogen (secondary N) is 1. The van der Waals surface area contributed by atoms with Gasteiger partial charge in [0.15, 0.2) is 0 Å². The molecule has 2 aliphatic rings. The number of hydrogen-bond acceptors (Lipinski definition) is 1. The van der Waals surface area contributed by atoms with Crippen LogP contribution in [0.25, 0.3) is 0 Å². The van der Waals surface area contributed by atoms with Crippen LogP contribution in [-0.2, 0) is 6.42 Å². The lowest BCUT2D eigenvalue weighted by Gasteiger charge is -2.31. The van der Waals surface area contributed by atoms with E-state index in [2.05, 4.69) is 29.6 Å². The Hall–Kier alpha value is -1.77. The van der Waals surface area contributed by atoms with Crippen molar-refractivity contribution in [2.75, 3.05) is 6.54 Å². The Labute approximate surface area is 114 Å². The first-order valence-corrected chi connectivity index (χ1v) is 7.11. The van der Waals surface area contributed by atoms with Crippen molar-refractivity contribution in [1.82, 2.24) is 10.2 Å². The second-order valence-corrected chi connectivity index (χ2v) is 5.34. The number of amides is 2. The zero-order chi connectivity index (χ0) is 13.1. The van der Waals surface area contributed by atoms with Gasteiger partial charge < -0.3 is 10.2 Å². The van der Waals surface area contributed by atoms with Crippen LogP contribution in [0.1, 0.15) is 24.8 Å². The van der Waals surface area contributed by atoms with Gasteiger partial charge in [-0.3, -0.25) is 0 Å². The molecule has 19 heavy (non-hydrogen) atoms. The summed E-state index contributed by atoms with van der Waals surface area (Å²) in [5.41, 5.74) is 1.27. The zero-order valence-electron chi connectivity index (χ0n) is 11.1. The highest BCUT2D eigenvalue weighted by molar-refractivity contribution is 5.75. The molecular formula is C16H20N2O. The van der Waals surface area contributed by atoms with E-state index in [0.717, 1.165) is 25.7 Å². The number of nitrogens with zero attached hydrogens (tertiary/aromatic N) is 1. The van der Waals surface area contributed by atoms with Crippen LogP contribution in [0.5, 0.6) is 0 Å². The van der Waals surface area contributed by atoms with Gasteiger partial charge in [0.2, 0.25) is 0 Å². The molecule has 0 aromatic heterocycles. The molecule has 2 unspecified atom stereocenters. The molecule has 2 aliphatic heterocycles. The molecule has 0 radical (unpaired) electrons. The number of carbonyl (C=O) groups is 1. The van der Waals surface area contributed by atoms with Gasteiger partial charge in [0.25, 0.3) is 0 Å². The van der Waals surface area contributed by atoms with Crippen molar-refractivity contribution >= 4 is 6.03 Å². The molecule has 0 aliphatic carbocycles. The normalized spacial score (nSPS) is 24.5. The number of fused-ring (bicyclic) bond motifs is 2. The van der Waals surface area contributed by atoms with Gasteiger partial charge in [-0.25, -0.2) is 4.79 Å². The molecular weight excluding hydrogens is 236 g/mol. The fraction of sp³-hybridized carbons (Fsp3) is 0.438. The zero-order valence-corrected chi connectivity index (χ0v) is 11.1. The van der Waals surface area contributed by atoms with Gasteiger partial charge in [0, 0.05) is 12.6 Å². The second-order valence-electron chi connectivity index (χ2n) is 5.34. The van der Waals surface area contributed by atoms with Gasteiger partial charge in [-0.05, 0) is 31.2 Å². The van der Waals surface area contributed by atoms with E-state index in [-0.39, 0.29) is 6.03 Å². The summed E-state index contributed by atoms with van der Waals surface area (Å²) in [6.45, 7) is 0.711. The molecule has 2 atom stereocenters. The Kier molecular flexibility index (Phi) is 3.53. The molecule has 3 nitrogen and oxygen atoms in total. The van der Waals surface area contributed by atoms with E-state index >= 15 is 0 Å². The van der Waals surface area contributed by atoms with E-state index in [1.54, 1.807) is 0 Å². The van der Waals surface area contributed by atoms with Crippen LogP contribution in [0.4, 0.5) is 4.79 Å². The minimum atomic E-state index is 0.104. The van der Waals surface area contributed by atoms with Crippen molar-refractivity contribution < 1.29 is 4.79 Å². The summed E-state index contributed by atoms with van der Waals surface area (Å²) in [5, 5.41) is 3.05. The molecule has 1 saturated heterocycles. The molecule has 3 rings (SSSR count). The highest BCUT2D eigenvalue weighted by Gasteiger charge is 2.36. The number of carbonyl (C=O) groups excluding carboxylic acids is 1. The molecule has 0 spiro atoms. The lowest BCUT2D eigenvalue weighted by atomic mass is 10.1. The molecule has 2 amide bonds. The SMILES string of the molecule is O=C(NCCc1ccccc1)N1C2C=CCC1CC2. The van der Waals surface area contributed by atoms with Crippen molar-refractivity contribution in [2.45, 2.75) is 37.8 Å². The fourth-order valence-corrected chi connectivity index (χ4v) is 3.09. The third-order valence-electron chi connectivity index (χ3n) is 4.08. The number of rotatable bonds is 3. The number of hydrogen-bond donors (Lipinski definition) is 1. The Morgan fingerprint density at radius 3 is 2.89 bits per heavy atom. The van der Waals surface area contributed by atoms with E-state index in [0.29, 0.717) is 18.6 Å². The van der Waals surface area contributed by atoms with Gasteiger partial charge in [0.05, 0.1) is 6.04 Å². The van der Waals surface area contributed by atoms with E-state index in [1.165, 1.54) is 5.56 Å². The largest absolute Gasteiger partial charge is 0.338 e. The molecule has 100 valence electrons. The lowest BCUT2D eigenvalue weighted by molar-refractivity contribution is 0.179. The summed E-state index contributed by atoms with van der Waals surface area (Å²) in [5.74, 6) is 0. The molecule has 1 aromatic rings. The molecule has 3 heteroatoms. The summed E-state index contributed by atoms with van der Waals surface area (Å²) in [7, 11) is 0. The topological polar surface area (TPSA) is 32.3 Å². The highest BCUT2D eigenvalue weighted by atomic mass is 16.2. The van der Waals surface area contributed by atoms with Crippen LogP contribution < -0.4 is 5.32 Å². The average molecular weight is 256 g/mol. The number of benzene rings is 1. The third-order valence-corrected chi connectivity index (χ3v) is 4.08. The average Bonchev–Trinajstić information content (AvgIpc) is 2.70. The monoisotopic (exact) mass is 256 g/mol. The first kappa shape index (κ1) is 12.3. The Bertz CT molecular complexity index is 469. The molecule has 2 heterocycles. The minimum Gasteiger partial charge on any atom is -0.338 e. The smallest absolute Gasteiger partial charge is 0.318 e. The van der Waals surface area contributed by atoms with Crippen molar-refractivity contribution in [3.63, 3.8) is 0 Å². The van der Waals surface area contributed by atoms with E-state index in [1.807, 2.05) is 23.1 Å². The summed E-state index contributed by atoms with van der Waals surface area (Å²) >= 11 is 0. The van der Waals surface area contributed by atoms with Gasteiger partial charge in [-0.2, -0.15) is 0 Å². The maximum absolute atomic E-state index is 12.2. The Morgan fingerprint density at radius 1 is 1.26 bits per heavy atom. The van der Waals surface area contributed by atoms with Crippen LogP contribution in [-0.4, -0.2) is 29.6 Å². The molecule has 0 saturated carbocycles. The van der Waals surface area contributed by atoms with Crippen molar-refractivity contribution in [3.05, 3.63) is 48.0 Å². The highest BCUT2D eigenvalue weighted by Crippen LogP contribution is 2.31.